The quantitative estimate of drug-likeness (QED) is 0.685. The summed E-state index contributed by atoms with van der Waals surface area (Å²) in [6.45, 7) is 1.62. The molecule has 1 saturated carbocycles. The lowest BCUT2D eigenvalue weighted by atomic mass is 10.1. The number of aryl methyl sites for hydroxylation is 1. The minimum absolute atomic E-state index is 0.204. The van der Waals surface area contributed by atoms with Gasteiger partial charge < -0.3 is 14.6 Å². The molecule has 1 aliphatic rings. The predicted molar refractivity (Wildman–Crippen MR) is 79.9 cm³/mol. The van der Waals surface area contributed by atoms with Crippen LogP contribution in [0.25, 0.3) is 0 Å². The van der Waals surface area contributed by atoms with Crippen molar-refractivity contribution in [3.05, 3.63) is 24.0 Å². The molecule has 5 nitrogen and oxygen atoms in total. The van der Waals surface area contributed by atoms with E-state index in [0.717, 1.165) is 25.7 Å². The lowest BCUT2D eigenvalue weighted by molar-refractivity contribution is -0.129. The van der Waals surface area contributed by atoms with Crippen LogP contribution in [0.2, 0.25) is 0 Å². The van der Waals surface area contributed by atoms with Gasteiger partial charge in [-0.15, -0.1) is 0 Å². The van der Waals surface area contributed by atoms with Crippen molar-refractivity contribution in [2.24, 2.45) is 7.05 Å². The van der Waals surface area contributed by atoms with Gasteiger partial charge in [0.2, 0.25) is 0 Å². The van der Waals surface area contributed by atoms with Crippen molar-refractivity contribution < 1.29 is 14.3 Å². The zero-order valence-electron chi connectivity index (χ0n) is 12.8. The van der Waals surface area contributed by atoms with E-state index in [0.29, 0.717) is 5.69 Å². The van der Waals surface area contributed by atoms with Crippen LogP contribution in [0.1, 0.15) is 55.9 Å². The molecular weight excluding hydrogens is 268 g/mol. The molecule has 21 heavy (non-hydrogen) atoms. The summed E-state index contributed by atoms with van der Waals surface area (Å²) in [6, 6.07) is 3.67. The van der Waals surface area contributed by atoms with E-state index < -0.39 is 12.1 Å². The standard InChI is InChI=1S/C16H24N2O3/c1-12(21-16(20)14-10-7-11-18(14)2)15(19)17-13-8-5-3-4-6-9-13/h7,10-13H,3-6,8-9H2,1-2H3,(H,17,19)/t12-/m0/s1. The van der Waals surface area contributed by atoms with Crippen molar-refractivity contribution in [3.8, 4) is 0 Å². The van der Waals surface area contributed by atoms with E-state index in [9.17, 15) is 9.59 Å². The monoisotopic (exact) mass is 292 g/mol. The Labute approximate surface area is 125 Å². The van der Waals surface area contributed by atoms with Gasteiger partial charge in [-0.1, -0.05) is 25.7 Å². The average molecular weight is 292 g/mol. The van der Waals surface area contributed by atoms with Crippen molar-refractivity contribution in [1.82, 2.24) is 9.88 Å². The molecule has 1 fully saturated rings. The first-order valence-corrected chi connectivity index (χ1v) is 7.70. The third-order valence-corrected chi connectivity index (χ3v) is 4.01. The van der Waals surface area contributed by atoms with Crippen LogP contribution < -0.4 is 5.32 Å². The number of hydrogen-bond acceptors (Lipinski definition) is 3. The summed E-state index contributed by atoms with van der Waals surface area (Å²) in [5.41, 5.74) is 0.448. The number of aromatic nitrogens is 1. The molecule has 1 aromatic rings. The molecule has 1 N–H and O–H groups in total. The summed E-state index contributed by atoms with van der Waals surface area (Å²) in [5, 5.41) is 3.00. The maximum absolute atomic E-state index is 12.1. The molecule has 0 aliphatic heterocycles. The molecule has 1 amide bonds. The van der Waals surface area contributed by atoms with Crippen LogP contribution >= 0.6 is 0 Å². The number of carbonyl (C=O) groups is 2. The largest absolute Gasteiger partial charge is 0.448 e. The summed E-state index contributed by atoms with van der Waals surface area (Å²) in [6.07, 6.45) is 7.83. The second-order valence-electron chi connectivity index (χ2n) is 5.75. The summed E-state index contributed by atoms with van der Waals surface area (Å²) in [5.74, 6) is -0.671. The van der Waals surface area contributed by atoms with E-state index in [4.69, 9.17) is 4.74 Å². The van der Waals surface area contributed by atoms with Gasteiger partial charge >= 0.3 is 5.97 Å². The van der Waals surface area contributed by atoms with E-state index in [-0.39, 0.29) is 11.9 Å². The molecule has 1 aliphatic carbocycles. The van der Waals surface area contributed by atoms with E-state index >= 15 is 0 Å². The van der Waals surface area contributed by atoms with Crippen molar-refractivity contribution >= 4 is 11.9 Å². The Morgan fingerprint density at radius 3 is 2.52 bits per heavy atom. The number of carbonyl (C=O) groups excluding carboxylic acids is 2. The summed E-state index contributed by atoms with van der Waals surface area (Å²) in [4.78, 5) is 24.1. The fourth-order valence-electron chi connectivity index (χ4n) is 2.69. The van der Waals surface area contributed by atoms with Gasteiger partial charge in [-0.05, 0) is 31.9 Å². The number of nitrogens with zero attached hydrogens (tertiary/aromatic N) is 1. The van der Waals surface area contributed by atoms with Gasteiger partial charge in [0, 0.05) is 19.3 Å². The third-order valence-electron chi connectivity index (χ3n) is 4.01. The summed E-state index contributed by atoms with van der Waals surface area (Å²) < 4.78 is 6.92. The third kappa shape index (κ3) is 4.34. The second-order valence-corrected chi connectivity index (χ2v) is 5.75. The van der Waals surface area contributed by atoms with Crippen molar-refractivity contribution in [2.75, 3.05) is 0 Å². The van der Waals surface area contributed by atoms with E-state index in [1.807, 2.05) is 0 Å². The Bertz CT molecular complexity index is 487. The van der Waals surface area contributed by atoms with Gasteiger partial charge in [-0.3, -0.25) is 4.79 Å². The first kappa shape index (κ1) is 15.6. The minimum Gasteiger partial charge on any atom is -0.448 e. The molecule has 0 unspecified atom stereocenters. The summed E-state index contributed by atoms with van der Waals surface area (Å²) >= 11 is 0. The van der Waals surface area contributed by atoms with Crippen LogP contribution in [0.15, 0.2) is 18.3 Å². The SMILES string of the molecule is C[C@H](OC(=O)c1cccn1C)C(=O)NC1CCCCCC1. The topological polar surface area (TPSA) is 60.3 Å². The number of amides is 1. The van der Waals surface area contributed by atoms with Gasteiger partial charge in [0.1, 0.15) is 5.69 Å². The molecular formula is C16H24N2O3. The van der Waals surface area contributed by atoms with Gasteiger partial charge in [0.05, 0.1) is 0 Å². The van der Waals surface area contributed by atoms with Gasteiger partial charge in [-0.25, -0.2) is 4.79 Å². The Morgan fingerprint density at radius 2 is 1.95 bits per heavy atom. The van der Waals surface area contributed by atoms with E-state index in [1.54, 1.807) is 36.9 Å². The van der Waals surface area contributed by atoms with Crippen LogP contribution in [0.3, 0.4) is 0 Å². The van der Waals surface area contributed by atoms with E-state index in [2.05, 4.69) is 5.32 Å². The highest BCUT2D eigenvalue weighted by Crippen LogP contribution is 2.17. The molecule has 2 rings (SSSR count). The van der Waals surface area contributed by atoms with Crippen LogP contribution in [0, 0.1) is 0 Å². The first-order valence-electron chi connectivity index (χ1n) is 7.70. The first-order chi connectivity index (χ1) is 10.1. The number of rotatable bonds is 4. The number of hydrogen-bond donors (Lipinski definition) is 1. The van der Waals surface area contributed by atoms with Crippen molar-refractivity contribution in [3.63, 3.8) is 0 Å². The molecule has 5 heteroatoms. The Hall–Kier alpha value is -1.78. The molecule has 1 atom stereocenters. The normalized spacial score (nSPS) is 17.8. The second kappa shape index (κ2) is 7.29. The van der Waals surface area contributed by atoms with Crippen LogP contribution in [-0.2, 0) is 16.6 Å². The van der Waals surface area contributed by atoms with Crippen molar-refractivity contribution in [2.45, 2.75) is 57.6 Å². The smallest absolute Gasteiger partial charge is 0.355 e. The minimum atomic E-state index is -0.768. The zero-order chi connectivity index (χ0) is 15.2. The fourth-order valence-corrected chi connectivity index (χ4v) is 2.69. The lowest BCUT2D eigenvalue weighted by Gasteiger charge is -2.19. The molecule has 0 spiro atoms. The Kier molecular flexibility index (Phi) is 5.42. The maximum atomic E-state index is 12.1. The Morgan fingerprint density at radius 1 is 1.29 bits per heavy atom. The van der Waals surface area contributed by atoms with Gasteiger partial charge in [0.25, 0.3) is 5.91 Å². The lowest BCUT2D eigenvalue weighted by Crippen LogP contribution is -2.42. The number of nitrogens with one attached hydrogen (secondary N) is 1. The molecule has 0 radical (unpaired) electrons. The molecule has 1 heterocycles. The highest BCUT2D eigenvalue weighted by Gasteiger charge is 2.23. The molecule has 0 saturated heterocycles. The fraction of sp³-hybridized carbons (Fsp3) is 0.625. The number of esters is 1. The van der Waals surface area contributed by atoms with Crippen LogP contribution in [-0.4, -0.2) is 28.6 Å². The van der Waals surface area contributed by atoms with Gasteiger partial charge in [-0.2, -0.15) is 0 Å². The highest BCUT2D eigenvalue weighted by molar-refractivity contribution is 5.91. The predicted octanol–water partition coefficient (Wildman–Crippen LogP) is 2.41. The Balaban J connectivity index is 1.84. The summed E-state index contributed by atoms with van der Waals surface area (Å²) in [7, 11) is 1.77. The van der Waals surface area contributed by atoms with Crippen molar-refractivity contribution in [1.29, 1.82) is 0 Å². The van der Waals surface area contributed by atoms with E-state index in [1.165, 1.54) is 12.8 Å². The maximum Gasteiger partial charge on any atom is 0.355 e. The molecule has 1 aromatic heterocycles. The highest BCUT2D eigenvalue weighted by atomic mass is 16.5. The average Bonchev–Trinajstić information content (AvgIpc) is 2.72. The molecule has 0 bridgehead atoms. The van der Waals surface area contributed by atoms with Crippen LogP contribution in [0.4, 0.5) is 0 Å². The zero-order valence-corrected chi connectivity index (χ0v) is 12.8. The molecule has 116 valence electrons. The molecule has 0 aromatic carbocycles. The number of ether oxygens (including phenoxy) is 1. The van der Waals surface area contributed by atoms with Gasteiger partial charge in [0.15, 0.2) is 6.10 Å². The van der Waals surface area contributed by atoms with Crippen LogP contribution in [0.5, 0.6) is 0 Å².